The van der Waals surface area contributed by atoms with Gasteiger partial charge < -0.3 is 0 Å². The van der Waals surface area contributed by atoms with Crippen LogP contribution in [0, 0.1) is 11.3 Å². The number of pyridine rings is 1. The molecule has 29 heavy (non-hydrogen) atoms. The van der Waals surface area contributed by atoms with Crippen LogP contribution in [-0.2, 0) is 12.4 Å². The molecule has 0 radical (unpaired) electrons. The molecule has 0 saturated heterocycles. The fourth-order valence-corrected chi connectivity index (χ4v) is 2.80. The summed E-state index contributed by atoms with van der Waals surface area (Å²) in [5.41, 5.74) is -3.16. The normalized spacial score (nSPS) is 11.9. The molecule has 0 fully saturated rings. The molecule has 148 valence electrons. The predicted molar refractivity (Wildman–Crippen MR) is 94.8 cm³/mol. The van der Waals surface area contributed by atoms with E-state index in [1.165, 1.54) is 30.3 Å². The number of alkyl halides is 6. The summed E-state index contributed by atoms with van der Waals surface area (Å²) in [6, 6.07) is 11.4. The van der Waals surface area contributed by atoms with Crippen molar-refractivity contribution in [3.63, 3.8) is 0 Å². The van der Waals surface area contributed by atoms with E-state index in [4.69, 9.17) is 11.6 Å². The molecule has 0 bridgehead atoms. The number of benzene rings is 2. The van der Waals surface area contributed by atoms with Crippen LogP contribution in [-0.4, -0.2) is 4.98 Å². The zero-order valence-corrected chi connectivity index (χ0v) is 15.0. The zero-order chi connectivity index (χ0) is 21.4. The summed E-state index contributed by atoms with van der Waals surface area (Å²) >= 11 is 5.79. The van der Waals surface area contributed by atoms with Gasteiger partial charge in [-0.25, -0.2) is 4.98 Å². The van der Waals surface area contributed by atoms with Gasteiger partial charge in [0.05, 0.1) is 28.1 Å². The van der Waals surface area contributed by atoms with Crippen LogP contribution in [0.3, 0.4) is 0 Å². The number of nitrogens with zero attached hydrogens (tertiary/aromatic N) is 2. The van der Waals surface area contributed by atoms with Crippen molar-refractivity contribution in [3.05, 3.63) is 76.3 Å². The highest BCUT2D eigenvalue weighted by Crippen LogP contribution is 2.39. The monoisotopic (exact) mass is 426 g/mol. The second-order valence-corrected chi connectivity index (χ2v) is 6.41. The summed E-state index contributed by atoms with van der Waals surface area (Å²) in [5.74, 6) is 0. The van der Waals surface area contributed by atoms with Gasteiger partial charge in [0.1, 0.15) is 6.07 Å². The van der Waals surface area contributed by atoms with E-state index in [0.29, 0.717) is 10.6 Å². The third kappa shape index (κ3) is 4.35. The maximum atomic E-state index is 13.6. The average molecular weight is 427 g/mol. The molecular formula is C20H9ClF6N2. The molecule has 0 unspecified atom stereocenters. The first-order valence-electron chi connectivity index (χ1n) is 7.96. The van der Waals surface area contributed by atoms with Crippen LogP contribution in [0.2, 0.25) is 5.02 Å². The van der Waals surface area contributed by atoms with Gasteiger partial charge in [0.15, 0.2) is 0 Å². The molecule has 0 N–H and O–H groups in total. The lowest BCUT2D eigenvalue weighted by Crippen LogP contribution is -2.11. The van der Waals surface area contributed by atoms with Gasteiger partial charge in [-0.1, -0.05) is 35.9 Å². The van der Waals surface area contributed by atoms with Crippen LogP contribution < -0.4 is 0 Å². The molecule has 2 aromatic carbocycles. The van der Waals surface area contributed by atoms with Gasteiger partial charge in [-0.2, -0.15) is 31.6 Å². The molecule has 3 rings (SSSR count). The fourth-order valence-electron chi connectivity index (χ4n) is 2.68. The third-order valence-corrected chi connectivity index (χ3v) is 4.31. The minimum Gasteiger partial charge on any atom is -0.246 e. The molecule has 0 aliphatic rings. The maximum absolute atomic E-state index is 13.6. The van der Waals surface area contributed by atoms with Gasteiger partial charge in [-0.05, 0) is 30.3 Å². The molecule has 2 nitrogen and oxygen atoms in total. The Balaban J connectivity index is 2.26. The van der Waals surface area contributed by atoms with Crippen molar-refractivity contribution in [1.82, 2.24) is 4.98 Å². The molecule has 0 saturated carbocycles. The van der Waals surface area contributed by atoms with E-state index in [-0.39, 0.29) is 17.0 Å². The molecule has 9 heteroatoms. The number of rotatable bonds is 2. The molecular weight excluding hydrogens is 418 g/mol. The number of hydrogen-bond acceptors (Lipinski definition) is 2. The van der Waals surface area contributed by atoms with E-state index in [0.717, 1.165) is 30.3 Å². The second kappa shape index (κ2) is 7.41. The summed E-state index contributed by atoms with van der Waals surface area (Å²) in [7, 11) is 0. The molecule has 0 spiro atoms. The Morgan fingerprint density at radius 1 is 0.793 bits per heavy atom. The Morgan fingerprint density at radius 2 is 1.34 bits per heavy atom. The highest BCUT2D eigenvalue weighted by Gasteiger charge is 2.36. The Labute approximate surface area is 166 Å². The van der Waals surface area contributed by atoms with Crippen LogP contribution in [0.5, 0.6) is 0 Å². The lowest BCUT2D eigenvalue weighted by atomic mass is 9.97. The summed E-state index contributed by atoms with van der Waals surface area (Å²) in [4.78, 5) is 4.13. The highest BCUT2D eigenvalue weighted by molar-refractivity contribution is 6.30. The van der Waals surface area contributed by atoms with Crippen LogP contribution in [0.15, 0.2) is 54.6 Å². The van der Waals surface area contributed by atoms with Crippen molar-refractivity contribution < 1.29 is 26.3 Å². The van der Waals surface area contributed by atoms with Gasteiger partial charge in [0.25, 0.3) is 0 Å². The van der Waals surface area contributed by atoms with E-state index in [9.17, 15) is 31.6 Å². The van der Waals surface area contributed by atoms with Crippen molar-refractivity contribution in [3.8, 4) is 28.6 Å². The van der Waals surface area contributed by atoms with Gasteiger partial charge in [-0.3, -0.25) is 0 Å². The topological polar surface area (TPSA) is 36.7 Å². The SMILES string of the molecule is N#Cc1c(C(F)(F)F)cc(-c2ccc(Cl)cc2)nc1-c1ccc(C(F)(F)F)cc1. The highest BCUT2D eigenvalue weighted by atomic mass is 35.5. The molecule has 0 atom stereocenters. The molecule has 0 aliphatic heterocycles. The van der Waals surface area contributed by atoms with Crippen molar-refractivity contribution in [2.24, 2.45) is 0 Å². The minimum absolute atomic E-state index is 0.0455. The van der Waals surface area contributed by atoms with Gasteiger partial charge in [0, 0.05) is 16.1 Å². The van der Waals surface area contributed by atoms with Gasteiger partial charge in [-0.15, -0.1) is 0 Å². The first-order chi connectivity index (χ1) is 13.5. The quantitative estimate of drug-likeness (QED) is 0.414. The van der Waals surface area contributed by atoms with E-state index >= 15 is 0 Å². The first kappa shape index (κ1) is 20.7. The minimum atomic E-state index is -4.87. The number of hydrogen-bond donors (Lipinski definition) is 0. The van der Waals surface area contributed by atoms with E-state index in [2.05, 4.69) is 4.98 Å². The third-order valence-electron chi connectivity index (χ3n) is 4.06. The standard InChI is InChI=1S/C20H9ClF6N2/c21-14-7-3-11(4-8-14)17-9-16(20(25,26)27)15(10-28)18(29-17)12-1-5-13(6-2-12)19(22,23)24/h1-9H. The largest absolute Gasteiger partial charge is 0.417 e. The average Bonchev–Trinajstić information content (AvgIpc) is 2.66. The molecule has 0 aliphatic carbocycles. The number of nitriles is 1. The summed E-state index contributed by atoms with van der Waals surface area (Å²) in [6.45, 7) is 0. The zero-order valence-electron chi connectivity index (χ0n) is 14.2. The Hall–Kier alpha value is -3.05. The lowest BCUT2D eigenvalue weighted by molar-refractivity contribution is -0.138. The van der Waals surface area contributed by atoms with E-state index in [1.807, 2.05) is 0 Å². The second-order valence-electron chi connectivity index (χ2n) is 5.97. The van der Waals surface area contributed by atoms with Crippen LogP contribution in [0.1, 0.15) is 16.7 Å². The predicted octanol–water partition coefficient (Wildman–Crippen LogP) is 6.98. The van der Waals surface area contributed by atoms with Gasteiger partial charge >= 0.3 is 12.4 Å². The summed E-state index contributed by atoms with van der Waals surface area (Å²) in [5, 5.41) is 9.68. The van der Waals surface area contributed by atoms with E-state index < -0.39 is 29.0 Å². The van der Waals surface area contributed by atoms with Crippen LogP contribution in [0.25, 0.3) is 22.5 Å². The van der Waals surface area contributed by atoms with Crippen molar-refractivity contribution >= 4 is 11.6 Å². The van der Waals surface area contributed by atoms with Crippen LogP contribution in [0.4, 0.5) is 26.3 Å². The summed E-state index contributed by atoms with van der Waals surface area (Å²) in [6.07, 6.45) is -9.47. The van der Waals surface area contributed by atoms with Crippen LogP contribution >= 0.6 is 11.6 Å². The van der Waals surface area contributed by atoms with Crippen molar-refractivity contribution in [2.45, 2.75) is 12.4 Å². The first-order valence-corrected chi connectivity index (χ1v) is 8.34. The molecule has 0 amide bonds. The van der Waals surface area contributed by atoms with Gasteiger partial charge in [0.2, 0.25) is 0 Å². The smallest absolute Gasteiger partial charge is 0.246 e. The van der Waals surface area contributed by atoms with Crippen molar-refractivity contribution in [2.75, 3.05) is 0 Å². The lowest BCUT2D eigenvalue weighted by Gasteiger charge is -2.15. The van der Waals surface area contributed by atoms with E-state index in [1.54, 1.807) is 0 Å². The Kier molecular flexibility index (Phi) is 5.28. The number of aromatic nitrogens is 1. The number of halogens is 7. The maximum Gasteiger partial charge on any atom is 0.417 e. The molecule has 3 aromatic rings. The van der Waals surface area contributed by atoms with Crippen molar-refractivity contribution in [1.29, 1.82) is 5.26 Å². The Morgan fingerprint density at radius 3 is 1.83 bits per heavy atom. The Bertz CT molecular complexity index is 1080. The molecule has 1 heterocycles. The molecule has 1 aromatic heterocycles. The fraction of sp³-hybridized carbons (Fsp3) is 0.100. The summed E-state index contributed by atoms with van der Waals surface area (Å²) < 4.78 is 79.0.